The molecule has 1 heterocycles. The number of carbonyl (C=O) groups excluding carboxylic acids is 1. The van der Waals surface area contributed by atoms with Gasteiger partial charge in [-0.05, 0) is 48.9 Å². The molecule has 29 heavy (non-hydrogen) atoms. The molecule has 0 aliphatic rings. The molecule has 0 aliphatic carbocycles. The second-order valence-electron chi connectivity index (χ2n) is 5.74. The van der Waals surface area contributed by atoms with Gasteiger partial charge in [-0.3, -0.25) is 4.79 Å². The molecule has 1 aromatic heterocycles. The van der Waals surface area contributed by atoms with Crippen LogP contribution in [0.25, 0.3) is 10.9 Å². The minimum atomic E-state index is -4.70. The van der Waals surface area contributed by atoms with Crippen LogP contribution in [0.5, 0.6) is 5.75 Å². The molecule has 0 radical (unpaired) electrons. The summed E-state index contributed by atoms with van der Waals surface area (Å²) in [5.41, 5.74) is 2.47. The molecule has 0 unspecified atom stereocenters. The molecule has 2 aromatic carbocycles. The first-order valence-corrected chi connectivity index (χ1v) is 8.44. The number of nitrogens with one attached hydrogen (secondary N) is 2. The molecule has 0 aliphatic heterocycles. The summed E-state index contributed by atoms with van der Waals surface area (Å²) in [4.78, 5) is 17.7. The Hall–Kier alpha value is -3.40. The molecule has 3 aromatic rings. The molecule has 3 rings (SSSR count). The zero-order valence-corrected chi connectivity index (χ0v) is 15.4. The van der Waals surface area contributed by atoms with Crippen LogP contribution < -0.4 is 15.4 Å². The third-order valence-corrected chi connectivity index (χ3v) is 3.48. The van der Waals surface area contributed by atoms with E-state index in [9.17, 15) is 18.0 Å². The van der Waals surface area contributed by atoms with Gasteiger partial charge in [-0.15, -0.1) is 13.2 Å². The fourth-order valence-corrected chi connectivity index (χ4v) is 2.27. The van der Waals surface area contributed by atoms with Crippen LogP contribution in [0, 0.1) is 6.92 Å². The largest absolute Gasteiger partial charge is 0.573 e. The van der Waals surface area contributed by atoms with E-state index in [2.05, 4.69) is 25.3 Å². The predicted octanol–water partition coefficient (Wildman–Crippen LogP) is 3.31. The Kier molecular flexibility index (Phi) is 7.72. The van der Waals surface area contributed by atoms with Crippen LogP contribution in [-0.4, -0.2) is 41.0 Å². The number of nitrogens with zero attached hydrogens (tertiary/aromatic N) is 2. The number of anilines is 2. The Bertz CT molecular complexity index is 934. The molecular formula is C19H19F3N4O3. The molecule has 0 atom stereocenters. The van der Waals surface area contributed by atoms with Crippen molar-refractivity contribution >= 4 is 28.8 Å². The lowest BCUT2D eigenvalue weighted by Crippen LogP contribution is -2.16. The Morgan fingerprint density at radius 3 is 2.45 bits per heavy atom. The number of aryl methyl sites for hydroxylation is 1. The highest BCUT2D eigenvalue weighted by Crippen LogP contribution is 2.27. The summed E-state index contributed by atoms with van der Waals surface area (Å²) in [6.07, 6.45) is -2.71. The summed E-state index contributed by atoms with van der Waals surface area (Å²) in [5.74, 6) is 0.311. The molecule has 0 bridgehead atoms. The first-order chi connectivity index (χ1) is 13.8. The van der Waals surface area contributed by atoms with Gasteiger partial charge in [-0.1, -0.05) is 6.07 Å². The fourth-order valence-electron chi connectivity index (χ4n) is 2.27. The monoisotopic (exact) mass is 408 g/mol. The van der Waals surface area contributed by atoms with E-state index in [1.165, 1.54) is 30.6 Å². The molecule has 3 N–H and O–H groups in total. The lowest BCUT2D eigenvalue weighted by atomic mass is 10.1. The molecule has 154 valence electrons. The van der Waals surface area contributed by atoms with Gasteiger partial charge in [-0.25, -0.2) is 9.97 Å². The number of halogens is 3. The van der Waals surface area contributed by atoms with Crippen LogP contribution in [0.15, 0.2) is 48.8 Å². The SMILES string of the molecule is Cc1ccc2c(Nc3ccc(OC(F)(F)F)cc3)ncnc2c1.O=CNCCO. The summed E-state index contributed by atoms with van der Waals surface area (Å²) in [6.45, 7) is 2.33. The number of hydrogen-bond donors (Lipinski definition) is 3. The maximum atomic E-state index is 12.1. The molecule has 1 amide bonds. The van der Waals surface area contributed by atoms with E-state index in [0.29, 0.717) is 24.5 Å². The van der Waals surface area contributed by atoms with Crippen LogP contribution in [0.1, 0.15) is 5.56 Å². The summed E-state index contributed by atoms with van der Waals surface area (Å²) < 4.78 is 40.3. The van der Waals surface area contributed by atoms with Gasteiger partial charge in [0.1, 0.15) is 17.9 Å². The number of aliphatic hydroxyl groups is 1. The zero-order valence-electron chi connectivity index (χ0n) is 15.4. The number of carbonyl (C=O) groups is 1. The molecule has 0 saturated heterocycles. The summed E-state index contributed by atoms with van der Waals surface area (Å²) in [7, 11) is 0. The minimum absolute atomic E-state index is 0.0126. The van der Waals surface area contributed by atoms with Crippen molar-refractivity contribution in [1.82, 2.24) is 15.3 Å². The molecule has 7 nitrogen and oxygen atoms in total. The van der Waals surface area contributed by atoms with Crippen LogP contribution in [0.3, 0.4) is 0 Å². The zero-order chi connectivity index (χ0) is 21.3. The first kappa shape index (κ1) is 21.9. The standard InChI is InChI=1S/C16H12F3N3O.C3H7NO2/c1-10-2-7-13-14(8-10)20-9-21-15(13)22-11-3-5-12(6-4-11)23-16(17,18)19;5-2-1-4-3-6/h2-9H,1H3,(H,20,21,22);3,5H,1-2H2,(H,4,6). The van der Waals surface area contributed by atoms with Crippen LogP contribution in [0.4, 0.5) is 24.7 Å². The second-order valence-corrected chi connectivity index (χ2v) is 5.74. The van der Waals surface area contributed by atoms with Gasteiger partial charge in [0.15, 0.2) is 0 Å². The third-order valence-electron chi connectivity index (χ3n) is 3.48. The van der Waals surface area contributed by atoms with Crippen LogP contribution >= 0.6 is 0 Å². The van der Waals surface area contributed by atoms with Crippen molar-refractivity contribution in [2.75, 3.05) is 18.5 Å². The van der Waals surface area contributed by atoms with Crippen LogP contribution in [-0.2, 0) is 4.79 Å². The van der Waals surface area contributed by atoms with Gasteiger partial charge in [0.2, 0.25) is 6.41 Å². The Morgan fingerprint density at radius 1 is 1.14 bits per heavy atom. The van der Waals surface area contributed by atoms with Gasteiger partial charge in [0, 0.05) is 17.6 Å². The summed E-state index contributed by atoms with van der Waals surface area (Å²) in [6, 6.07) is 11.2. The quantitative estimate of drug-likeness (QED) is 0.428. The van der Waals surface area contributed by atoms with E-state index in [-0.39, 0.29) is 12.4 Å². The second kappa shape index (κ2) is 10.2. The highest BCUT2D eigenvalue weighted by Gasteiger charge is 2.30. The topological polar surface area (TPSA) is 96.4 Å². The number of hydrogen-bond acceptors (Lipinski definition) is 6. The Balaban J connectivity index is 0.000000438. The maximum absolute atomic E-state index is 12.1. The number of amides is 1. The van der Waals surface area contributed by atoms with E-state index >= 15 is 0 Å². The predicted molar refractivity (Wildman–Crippen MR) is 102 cm³/mol. The summed E-state index contributed by atoms with van der Waals surface area (Å²) in [5, 5.41) is 14.1. The molecule has 0 saturated carbocycles. The molecule has 0 fully saturated rings. The first-order valence-electron chi connectivity index (χ1n) is 8.44. The van der Waals surface area contributed by atoms with Crippen molar-refractivity contribution in [2.45, 2.75) is 13.3 Å². The van der Waals surface area contributed by atoms with Gasteiger partial charge >= 0.3 is 6.36 Å². The molecule has 0 spiro atoms. The van der Waals surface area contributed by atoms with E-state index in [0.717, 1.165) is 16.5 Å². The van der Waals surface area contributed by atoms with Crippen molar-refractivity contribution < 1.29 is 27.8 Å². The normalized spacial score (nSPS) is 10.7. The van der Waals surface area contributed by atoms with Gasteiger partial charge in [-0.2, -0.15) is 0 Å². The van der Waals surface area contributed by atoms with Gasteiger partial charge in [0.05, 0.1) is 12.1 Å². The van der Waals surface area contributed by atoms with Gasteiger partial charge < -0.3 is 20.5 Å². The highest BCUT2D eigenvalue weighted by molar-refractivity contribution is 5.90. The van der Waals surface area contributed by atoms with Crippen molar-refractivity contribution in [1.29, 1.82) is 0 Å². The molecule has 10 heteroatoms. The lowest BCUT2D eigenvalue weighted by Gasteiger charge is -2.11. The molecular weight excluding hydrogens is 389 g/mol. The number of aliphatic hydroxyl groups excluding tert-OH is 1. The summed E-state index contributed by atoms with van der Waals surface area (Å²) >= 11 is 0. The minimum Gasteiger partial charge on any atom is -0.406 e. The van der Waals surface area contributed by atoms with E-state index < -0.39 is 6.36 Å². The number of ether oxygens (including phenoxy) is 1. The highest BCUT2D eigenvalue weighted by atomic mass is 19.4. The van der Waals surface area contributed by atoms with E-state index in [4.69, 9.17) is 5.11 Å². The average molecular weight is 408 g/mol. The van der Waals surface area contributed by atoms with Crippen molar-refractivity contribution in [3.8, 4) is 5.75 Å². The average Bonchev–Trinajstić information content (AvgIpc) is 2.67. The number of rotatable bonds is 6. The van der Waals surface area contributed by atoms with Crippen molar-refractivity contribution in [3.63, 3.8) is 0 Å². The maximum Gasteiger partial charge on any atom is 0.573 e. The third kappa shape index (κ3) is 7.26. The number of benzene rings is 2. The van der Waals surface area contributed by atoms with E-state index in [1.807, 2.05) is 25.1 Å². The fraction of sp³-hybridized carbons (Fsp3) is 0.211. The van der Waals surface area contributed by atoms with Crippen molar-refractivity contribution in [2.24, 2.45) is 0 Å². The van der Waals surface area contributed by atoms with Crippen molar-refractivity contribution in [3.05, 3.63) is 54.4 Å². The van der Waals surface area contributed by atoms with Crippen LogP contribution in [0.2, 0.25) is 0 Å². The number of fused-ring (bicyclic) bond motifs is 1. The number of alkyl halides is 3. The number of aromatic nitrogens is 2. The lowest BCUT2D eigenvalue weighted by molar-refractivity contribution is -0.274. The van der Waals surface area contributed by atoms with Gasteiger partial charge in [0.25, 0.3) is 0 Å². The Morgan fingerprint density at radius 2 is 1.86 bits per heavy atom. The smallest absolute Gasteiger partial charge is 0.406 e. The van der Waals surface area contributed by atoms with E-state index in [1.54, 1.807) is 0 Å². The Labute approximate surface area is 164 Å².